The monoisotopic (exact) mass is 249 g/mol. The first-order valence-electron chi connectivity index (χ1n) is 5.03. The smallest absolute Gasteiger partial charge is 0.257 e. The molecule has 2 rings (SSSR count). The number of nitrogens with zero attached hydrogens (tertiary/aromatic N) is 3. The number of nitrogens with two attached hydrogens (primary N) is 1. The molecule has 1 amide bonds. The molecule has 17 heavy (non-hydrogen) atoms. The van der Waals surface area contributed by atoms with Gasteiger partial charge in [0.15, 0.2) is 0 Å². The summed E-state index contributed by atoms with van der Waals surface area (Å²) < 4.78 is 0. The number of hydrogen-bond acceptors (Lipinski definition) is 6. The number of nitrogens with one attached hydrogen (secondary N) is 1. The van der Waals surface area contributed by atoms with Crippen molar-refractivity contribution in [2.45, 2.75) is 13.3 Å². The number of carbonyl (C=O) groups is 1. The molecule has 0 aliphatic heterocycles. The molecule has 2 aromatic rings. The lowest BCUT2D eigenvalue weighted by Gasteiger charge is -2.04. The highest BCUT2D eigenvalue weighted by Gasteiger charge is 2.10. The van der Waals surface area contributed by atoms with E-state index in [0.717, 1.165) is 12.1 Å². The van der Waals surface area contributed by atoms with Crippen LogP contribution in [0.2, 0.25) is 0 Å². The molecule has 0 aromatic carbocycles. The summed E-state index contributed by atoms with van der Waals surface area (Å²) in [6.07, 6.45) is 0.726. The number of nitrogen functional groups attached to an aromatic ring is 1. The van der Waals surface area contributed by atoms with E-state index in [1.807, 2.05) is 6.92 Å². The maximum atomic E-state index is 11.9. The minimum atomic E-state index is -0.259. The molecule has 7 heteroatoms. The van der Waals surface area contributed by atoms with Crippen LogP contribution in [-0.4, -0.2) is 21.1 Å². The zero-order valence-electron chi connectivity index (χ0n) is 9.17. The first-order valence-corrected chi connectivity index (χ1v) is 5.91. The number of hydrogen-bond donors (Lipinski definition) is 2. The van der Waals surface area contributed by atoms with Gasteiger partial charge in [0.25, 0.3) is 5.91 Å². The quantitative estimate of drug-likeness (QED) is 0.855. The third-order valence-corrected chi connectivity index (χ3v) is 2.71. The van der Waals surface area contributed by atoms with Crippen molar-refractivity contribution in [1.82, 2.24) is 15.2 Å². The molecule has 3 N–H and O–H groups in total. The van der Waals surface area contributed by atoms with Gasteiger partial charge in [-0.1, -0.05) is 18.3 Å². The van der Waals surface area contributed by atoms with Crippen molar-refractivity contribution in [2.24, 2.45) is 0 Å². The van der Waals surface area contributed by atoms with Crippen molar-refractivity contribution in [3.8, 4) is 0 Å². The van der Waals surface area contributed by atoms with Crippen molar-refractivity contribution >= 4 is 28.2 Å². The zero-order chi connectivity index (χ0) is 12.3. The highest BCUT2D eigenvalue weighted by Crippen LogP contribution is 2.13. The molecule has 0 unspecified atom stereocenters. The molecule has 88 valence electrons. The van der Waals surface area contributed by atoms with Crippen molar-refractivity contribution in [1.29, 1.82) is 0 Å². The summed E-state index contributed by atoms with van der Waals surface area (Å²) in [4.78, 5) is 16.0. The summed E-state index contributed by atoms with van der Waals surface area (Å²) in [7, 11) is 0. The van der Waals surface area contributed by atoms with Crippen LogP contribution in [0, 0.1) is 0 Å². The second-order valence-electron chi connectivity index (χ2n) is 3.32. The standard InChI is InChI=1S/C10H11N5OS/c1-2-7-3-6(4-8(11)13-7)9(16)14-10-15-12-5-17-10/h3-5H,2H2,1H3,(H2,11,13)(H,14,15,16). The van der Waals surface area contributed by atoms with Crippen LogP contribution in [0.1, 0.15) is 23.0 Å². The average Bonchev–Trinajstić information content (AvgIpc) is 2.81. The first-order chi connectivity index (χ1) is 8.19. The largest absolute Gasteiger partial charge is 0.384 e. The molecule has 0 atom stereocenters. The maximum absolute atomic E-state index is 11.9. The van der Waals surface area contributed by atoms with Crippen LogP contribution >= 0.6 is 11.3 Å². The van der Waals surface area contributed by atoms with E-state index in [0.29, 0.717) is 16.5 Å². The zero-order valence-corrected chi connectivity index (χ0v) is 9.99. The van der Waals surface area contributed by atoms with E-state index >= 15 is 0 Å². The van der Waals surface area contributed by atoms with E-state index in [4.69, 9.17) is 5.73 Å². The van der Waals surface area contributed by atoms with Gasteiger partial charge in [0.05, 0.1) is 0 Å². The Morgan fingerprint density at radius 2 is 2.35 bits per heavy atom. The molecular weight excluding hydrogens is 238 g/mol. The van der Waals surface area contributed by atoms with E-state index in [1.165, 1.54) is 17.4 Å². The number of amides is 1. The number of aryl methyl sites for hydroxylation is 1. The first kappa shape index (κ1) is 11.5. The number of rotatable bonds is 3. The van der Waals surface area contributed by atoms with Crippen LogP contribution in [-0.2, 0) is 6.42 Å². The van der Waals surface area contributed by atoms with Gasteiger partial charge in [-0.15, -0.1) is 10.2 Å². The Hall–Kier alpha value is -2.02. The molecule has 0 aliphatic rings. The summed E-state index contributed by atoms with van der Waals surface area (Å²) in [5, 5.41) is 10.5. The predicted octanol–water partition coefficient (Wildman–Crippen LogP) is 1.33. The van der Waals surface area contributed by atoms with Crippen molar-refractivity contribution in [3.63, 3.8) is 0 Å². The number of aromatic nitrogens is 3. The van der Waals surface area contributed by atoms with E-state index in [2.05, 4.69) is 20.5 Å². The van der Waals surface area contributed by atoms with Crippen LogP contribution in [0.5, 0.6) is 0 Å². The predicted molar refractivity (Wildman–Crippen MR) is 65.9 cm³/mol. The molecule has 0 bridgehead atoms. The van der Waals surface area contributed by atoms with Crippen molar-refractivity contribution < 1.29 is 4.79 Å². The third-order valence-electron chi connectivity index (χ3n) is 2.10. The van der Waals surface area contributed by atoms with Crippen LogP contribution < -0.4 is 11.1 Å². The van der Waals surface area contributed by atoms with Gasteiger partial charge in [-0.25, -0.2) is 4.98 Å². The van der Waals surface area contributed by atoms with Crippen molar-refractivity contribution in [2.75, 3.05) is 11.1 Å². The van der Waals surface area contributed by atoms with E-state index in [9.17, 15) is 4.79 Å². The summed E-state index contributed by atoms with van der Waals surface area (Å²) in [6, 6.07) is 3.25. The molecule has 2 aromatic heterocycles. The Balaban J connectivity index is 2.21. The molecule has 0 saturated carbocycles. The van der Waals surface area contributed by atoms with Crippen LogP contribution in [0.4, 0.5) is 10.9 Å². The lowest BCUT2D eigenvalue weighted by Crippen LogP contribution is -2.13. The molecule has 0 aliphatic carbocycles. The Morgan fingerprint density at radius 1 is 1.53 bits per heavy atom. The minimum absolute atomic E-state index is 0.259. The second kappa shape index (κ2) is 4.88. The molecule has 6 nitrogen and oxygen atoms in total. The van der Waals surface area contributed by atoms with Gasteiger partial charge < -0.3 is 5.73 Å². The maximum Gasteiger partial charge on any atom is 0.257 e. The van der Waals surface area contributed by atoms with E-state index < -0.39 is 0 Å². The Kier molecular flexibility index (Phi) is 3.29. The van der Waals surface area contributed by atoms with Crippen LogP contribution in [0.15, 0.2) is 17.6 Å². The number of pyridine rings is 1. The van der Waals surface area contributed by atoms with Gasteiger partial charge >= 0.3 is 0 Å². The normalized spacial score (nSPS) is 10.2. The topological polar surface area (TPSA) is 93.8 Å². The molecule has 2 heterocycles. The minimum Gasteiger partial charge on any atom is -0.384 e. The lowest BCUT2D eigenvalue weighted by atomic mass is 10.2. The van der Waals surface area contributed by atoms with Crippen molar-refractivity contribution in [3.05, 3.63) is 28.9 Å². The fourth-order valence-electron chi connectivity index (χ4n) is 1.32. The van der Waals surface area contributed by atoms with Crippen LogP contribution in [0.25, 0.3) is 0 Å². The van der Waals surface area contributed by atoms with Gasteiger partial charge in [0, 0.05) is 11.3 Å². The summed E-state index contributed by atoms with van der Waals surface area (Å²) >= 11 is 1.26. The van der Waals surface area contributed by atoms with Gasteiger partial charge in [0.1, 0.15) is 11.3 Å². The Morgan fingerprint density at radius 3 is 3.00 bits per heavy atom. The summed E-state index contributed by atoms with van der Waals surface area (Å²) in [6.45, 7) is 1.95. The van der Waals surface area contributed by atoms with Gasteiger partial charge in [-0.05, 0) is 18.6 Å². The highest BCUT2D eigenvalue weighted by molar-refractivity contribution is 7.13. The second-order valence-corrected chi connectivity index (χ2v) is 4.16. The lowest BCUT2D eigenvalue weighted by molar-refractivity contribution is 0.102. The average molecular weight is 249 g/mol. The van der Waals surface area contributed by atoms with Gasteiger partial charge in [-0.2, -0.15) is 0 Å². The van der Waals surface area contributed by atoms with E-state index in [1.54, 1.807) is 11.6 Å². The number of anilines is 2. The fourth-order valence-corrected chi connectivity index (χ4v) is 1.76. The van der Waals surface area contributed by atoms with Gasteiger partial charge in [0.2, 0.25) is 5.13 Å². The fraction of sp³-hybridized carbons (Fsp3) is 0.200. The SMILES string of the molecule is CCc1cc(C(=O)Nc2nncs2)cc(N)n1. The molecule has 0 saturated heterocycles. The molecule has 0 fully saturated rings. The Labute approximate surface area is 102 Å². The highest BCUT2D eigenvalue weighted by atomic mass is 32.1. The summed E-state index contributed by atoms with van der Waals surface area (Å²) in [5.74, 6) is 0.0808. The Bertz CT molecular complexity index is 525. The van der Waals surface area contributed by atoms with Gasteiger partial charge in [-0.3, -0.25) is 10.1 Å². The van der Waals surface area contributed by atoms with Crippen LogP contribution in [0.3, 0.4) is 0 Å². The molecular formula is C10H11N5OS. The van der Waals surface area contributed by atoms with E-state index in [-0.39, 0.29) is 5.91 Å². The third kappa shape index (κ3) is 2.76. The number of carbonyl (C=O) groups excluding carboxylic acids is 1. The summed E-state index contributed by atoms with van der Waals surface area (Å²) in [5.41, 5.74) is 8.44. The molecule has 0 spiro atoms. The molecule has 0 radical (unpaired) electrons.